The van der Waals surface area contributed by atoms with E-state index in [0.717, 1.165) is 16.9 Å². The summed E-state index contributed by atoms with van der Waals surface area (Å²) in [6.45, 7) is 5.17. The molecule has 146 valence electrons. The van der Waals surface area contributed by atoms with Crippen molar-refractivity contribution in [1.29, 1.82) is 0 Å². The van der Waals surface area contributed by atoms with Crippen LogP contribution in [0.25, 0.3) is 27.6 Å². The predicted octanol–water partition coefficient (Wildman–Crippen LogP) is 5.13. The molecule has 0 fully saturated rings. The van der Waals surface area contributed by atoms with E-state index in [-0.39, 0.29) is 22.5 Å². The molecular weight excluding hydrogens is 434 g/mol. The Balaban J connectivity index is 2.19. The molecule has 0 aliphatic carbocycles. The number of carbonyl (C=O) groups is 2. The zero-order valence-corrected chi connectivity index (χ0v) is 17.8. The molecule has 0 aliphatic heterocycles. The molecular formula is C23H18BrNO4. The Morgan fingerprint density at radius 2 is 1.72 bits per heavy atom. The molecule has 0 unspecified atom stereocenters. The summed E-state index contributed by atoms with van der Waals surface area (Å²) in [5.41, 5.74) is 3.47. The molecule has 0 atom stereocenters. The van der Waals surface area contributed by atoms with Crippen LogP contribution >= 0.6 is 15.9 Å². The van der Waals surface area contributed by atoms with Gasteiger partial charge in [-0.25, -0.2) is 4.79 Å². The first-order valence-corrected chi connectivity index (χ1v) is 10.2. The highest BCUT2D eigenvalue weighted by molar-refractivity contribution is 9.09. The number of nitrogens with zero attached hydrogens (tertiary/aromatic N) is 1. The monoisotopic (exact) mass is 451 g/mol. The van der Waals surface area contributed by atoms with Crippen LogP contribution in [0.1, 0.15) is 38.9 Å². The second kappa shape index (κ2) is 7.12. The lowest BCUT2D eigenvalue weighted by atomic mass is 10.0. The zero-order chi connectivity index (χ0) is 20.9. The molecule has 0 aliphatic rings. The number of fused-ring (bicyclic) bond motifs is 2. The van der Waals surface area contributed by atoms with Crippen LogP contribution in [0.5, 0.6) is 0 Å². The normalized spacial score (nSPS) is 11.3. The minimum Gasteiger partial charge on any atom is -0.422 e. The standard InChI is InChI=1S/C23H18BrNO4/c1-12-16-9-18-17(10-20(16)29-23(28)21(12)19(27)11-24)22(14(3)26)13(2)25(18)15-7-5-4-6-8-15/h4-10H,11H2,1-3H3. The van der Waals surface area contributed by atoms with Gasteiger partial charge in [0.15, 0.2) is 11.6 Å². The van der Waals surface area contributed by atoms with E-state index in [1.165, 1.54) is 6.92 Å². The number of halogens is 1. The average molecular weight is 452 g/mol. The van der Waals surface area contributed by atoms with E-state index >= 15 is 0 Å². The highest BCUT2D eigenvalue weighted by Gasteiger charge is 2.22. The molecule has 5 nitrogen and oxygen atoms in total. The van der Waals surface area contributed by atoms with Crippen molar-refractivity contribution in [1.82, 2.24) is 4.57 Å². The summed E-state index contributed by atoms with van der Waals surface area (Å²) in [5.74, 6) is -0.385. The van der Waals surface area contributed by atoms with Crippen molar-refractivity contribution in [3.63, 3.8) is 0 Å². The Hall–Kier alpha value is -2.99. The fraction of sp³-hybridized carbons (Fsp3) is 0.174. The maximum atomic E-state index is 12.4. The number of alkyl halides is 1. The topological polar surface area (TPSA) is 69.3 Å². The van der Waals surface area contributed by atoms with Crippen molar-refractivity contribution in [2.24, 2.45) is 0 Å². The highest BCUT2D eigenvalue weighted by Crippen LogP contribution is 2.34. The molecule has 0 N–H and O–H groups in total. The summed E-state index contributed by atoms with van der Waals surface area (Å²) in [6.07, 6.45) is 0. The van der Waals surface area contributed by atoms with Gasteiger partial charge in [0.1, 0.15) is 11.1 Å². The lowest BCUT2D eigenvalue weighted by molar-refractivity contribution is 0.101. The lowest BCUT2D eigenvalue weighted by Gasteiger charge is -2.10. The molecule has 2 aromatic carbocycles. The number of hydrogen-bond donors (Lipinski definition) is 0. The molecule has 29 heavy (non-hydrogen) atoms. The largest absolute Gasteiger partial charge is 0.422 e. The number of aryl methyl sites for hydroxylation is 1. The van der Waals surface area contributed by atoms with Crippen LogP contribution in [0.2, 0.25) is 0 Å². The van der Waals surface area contributed by atoms with Crippen LogP contribution in [0.15, 0.2) is 51.7 Å². The average Bonchev–Trinajstić information content (AvgIpc) is 2.98. The summed E-state index contributed by atoms with van der Waals surface area (Å²) < 4.78 is 7.49. The van der Waals surface area contributed by atoms with Gasteiger partial charge < -0.3 is 8.98 Å². The number of rotatable bonds is 4. The molecule has 0 saturated carbocycles. The lowest BCUT2D eigenvalue weighted by Crippen LogP contribution is -2.17. The van der Waals surface area contributed by atoms with E-state index in [1.807, 2.05) is 47.9 Å². The summed E-state index contributed by atoms with van der Waals surface area (Å²) in [6, 6.07) is 13.4. The van der Waals surface area contributed by atoms with Crippen LogP contribution in [0.4, 0.5) is 0 Å². The highest BCUT2D eigenvalue weighted by atomic mass is 79.9. The number of carbonyl (C=O) groups excluding carboxylic acids is 2. The van der Waals surface area contributed by atoms with Gasteiger partial charge >= 0.3 is 5.63 Å². The predicted molar refractivity (Wildman–Crippen MR) is 117 cm³/mol. The fourth-order valence-electron chi connectivity index (χ4n) is 4.00. The van der Waals surface area contributed by atoms with Crippen molar-refractivity contribution >= 4 is 49.4 Å². The Bertz CT molecular complexity index is 1360. The van der Waals surface area contributed by atoms with Crippen LogP contribution in [0, 0.1) is 13.8 Å². The molecule has 6 heteroatoms. The summed E-state index contributed by atoms with van der Waals surface area (Å²) in [7, 11) is 0. The Kier molecular flexibility index (Phi) is 4.74. The van der Waals surface area contributed by atoms with Gasteiger partial charge in [-0.15, -0.1) is 0 Å². The smallest absolute Gasteiger partial charge is 0.347 e. The van der Waals surface area contributed by atoms with E-state index in [2.05, 4.69) is 15.9 Å². The third-order valence-electron chi connectivity index (χ3n) is 5.26. The minimum absolute atomic E-state index is 0.0420. The third-order valence-corrected chi connectivity index (χ3v) is 5.77. The van der Waals surface area contributed by atoms with E-state index in [0.29, 0.717) is 27.5 Å². The number of aromatic nitrogens is 1. The molecule has 4 aromatic rings. The molecule has 4 rings (SSSR count). The van der Waals surface area contributed by atoms with Crippen LogP contribution in [0.3, 0.4) is 0 Å². The molecule has 2 heterocycles. The second-order valence-electron chi connectivity index (χ2n) is 7.00. The van der Waals surface area contributed by atoms with Crippen LogP contribution < -0.4 is 5.63 Å². The van der Waals surface area contributed by atoms with E-state index in [1.54, 1.807) is 13.0 Å². The number of para-hydroxylation sites is 1. The molecule has 0 saturated heterocycles. The van der Waals surface area contributed by atoms with Gasteiger partial charge in [-0.05, 0) is 50.6 Å². The van der Waals surface area contributed by atoms with Crippen molar-refractivity contribution in [2.45, 2.75) is 20.8 Å². The molecule has 0 bridgehead atoms. The third kappa shape index (κ3) is 2.95. The SMILES string of the molecule is CC(=O)c1c(C)n(-c2ccccc2)c2cc3c(C)c(C(=O)CBr)c(=O)oc3cc12. The first-order valence-electron chi connectivity index (χ1n) is 9.13. The van der Waals surface area contributed by atoms with Crippen LogP contribution in [-0.2, 0) is 0 Å². The summed E-state index contributed by atoms with van der Waals surface area (Å²) in [4.78, 5) is 37.1. The van der Waals surface area contributed by atoms with E-state index in [4.69, 9.17) is 4.42 Å². The molecule has 2 aromatic heterocycles. The number of ketones is 2. The van der Waals surface area contributed by atoms with Gasteiger partial charge in [-0.2, -0.15) is 0 Å². The van der Waals surface area contributed by atoms with Crippen molar-refractivity contribution in [3.05, 3.63) is 75.3 Å². The number of Topliss-reactive ketones (excluding diaryl/α,β-unsaturated/α-hetero) is 2. The minimum atomic E-state index is -0.664. The van der Waals surface area contributed by atoms with Gasteiger partial charge in [0.05, 0.1) is 10.8 Å². The summed E-state index contributed by atoms with van der Waals surface area (Å²) >= 11 is 3.12. The first kappa shape index (κ1) is 19.3. The molecule has 0 radical (unpaired) electrons. The fourth-order valence-corrected chi connectivity index (χ4v) is 4.28. The zero-order valence-electron chi connectivity index (χ0n) is 16.2. The Morgan fingerprint density at radius 3 is 2.34 bits per heavy atom. The van der Waals surface area contributed by atoms with Crippen molar-refractivity contribution < 1.29 is 14.0 Å². The number of benzene rings is 2. The van der Waals surface area contributed by atoms with E-state index < -0.39 is 5.63 Å². The quantitative estimate of drug-likeness (QED) is 0.245. The van der Waals surface area contributed by atoms with Gasteiger partial charge in [0, 0.05) is 27.7 Å². The first-order chi connectivity index (χ1) is 13.8. The van der Waals surface area contributed by atoms with Gasteiger partial charge in [0.25, 0.3) is 0 Å². The number of hydrogen-bond acceptors (Lipinski definition) is 4. The Morgan fingerprint density at radius 1 is 1.03 bits per heavy atom. The maximum Gasteiger partial charge on any atom is 0.347 e. The molecule has 0 spiro atoms. The van der Waals surface area contributed by atoms with Gasteiger partial charge in [-0.1, -0.05) is 34.1 Å². The van der Waals surface area contributed by atoms with E-state index in [9.17, 15) is 14.4 Å². The maximum absolute atomic E-state index is 12.4. The van der Waals surface area contributed by atoms with Crippen LogP contribution in [-0.4, -0.2) is 21.5 Å². The van der Waals surface area contributed by atoms with Crippen molar-refractivity contribution in [3.8, 4) is 5.69 Å². The summed E-state index contributed by atoms with van der Waals surface area (Å²) in [5, 5.41) is 1.43. The second-order valence-corrected chi connectivity index (χ2v) is 7.56. The van der Waals surface area contributed by atoms with Gasteiger partial charge in [0.2, 0.25) is 0 Å². The van der Waals surface area contributed by atoms with Gasteiger partial charge in [-0.3, -0.25) is 9.59 Å². The Labute approximate surface area is 175 Å². The molecule has 0 amide bonds. The van der Waals surface area contributed by atoms with Crippen molar-refractivity contribution in [2.75, 3.05) is 5.33 Å².